The fourth-order valence-electron chi connectivity index (χ4n) is 1.53. The van der Waals surface area contributed by atoms with E-state index in [9.17, 15) is 4.79 Å². The number of nitrogens with zero attached hydrogens (tertiary/aromatic N) is 1. The lowest BCUT2D eigenvalue weighted by molar-refractivity contribution is -0.120. The minimum atomic E-state index is -0.0614. The third-order valence-electron chi connectivity index (χ3n) is 2.52. The average Bonchev–Trinajstić information content (AvgIpc) is 3.11. The normalized spacial score (nSPS) is 10.7. The van der Waals surface area contributed by atoms with Gasteiger partial charge in [0.15, 0.2) is 10.8 Å². The number of rotatable bonds is 8. The van der Waals surface area contributed by atoms with Crippen molar-refractivity contribution in [1.82, 2.24) is 15.6 Å². The molecular weight excluding hydrogens is 278 g/mol. The number of hydrogen-bond acceptors (Lipinski definition) is 6. The van der Waals surface area contributed by atoms with E-state index in [-0.39, 0.29) is 12.5 Å². The lowest BCUT2D eigenvalue weighted by Crippen LogP contribution is -2.34. The average molecular weight is 295 g/mol. The van der Waals surface area contributed by atoms with Crippen LogP contribution in [-0.2, 0) is 16.1 Å². The third kappa shape index (κ3) is 4.44. The van der Waals surface area contributed by atoms with Gasteiger partial charge in [-0.25, -0.2) is 4.98 Å². The molecule has 20 heavy (non-hydrogen) atoms. The van der Waals surface area contributed by atoms with Gasteiger partial charge in [-0.1, -0.05) is 0 Å². The largest absolute Gasteiger partial charge is 0.462 e. The zero-order chi connectivity index (χ0) is 14.2. The number of thiazole rings is 1. The maximum Gasteiger partial charge on any atom is 0.234 e. The Balaban J connectivity index is 1.73. The zero-order valence-electron chi connectivity index (χ0n) is 11.2. The van der Waals surface area contributed by atoms with Gasteiger partial charge >= 0.3 is 0 Å². The number of carbonyl (C=O) groups excluding carboxylic acids is 1. The Hall–Kier alpha value is -1.70. The summed E-state index contributed by atoms with van der Waals surface area (Å²) in [5, 5.41) is 8.52. The van der Waals surface area contributed by atoms with E-state index in [4.69, 9.17) is 9.15 Å². The molecule has 7 heteroatoms. The number of ether oxygens (including phenoxy) is 1. The lowest BCUT2D eigenvalue weighted by atomic mass is 10.4. The van der Waals surface area contributed by atoms with Crippen LogP contribution in [0, 0.1) is 0 Å². The summed E-state index contributed by atoms with van der Waals surface area (Å²) in [4.78, 5) is 16.0. The van der Waals surface area contributed by atoms with Gasteiger partial charge in [-0.15, -0.1) is 11.3 Å². The first-order valence-corrected chi connectivity index (χ1v) is 7.12. The second-order valence-corrected chi connectivity index (χ2v) is 4.93. The molecule has 0 aliphatic rings. The molecule has 2 heterocycles. The molecule has 0 bridgehead atoms. The molecule has 108 valence electrons. The van der Waals surface area contributed by atoms with Crippen molar-refractivity contribution in [3.63, 3.8) is 0 Å². The SMILES string of the molecule is COCCNCC(=O)NCc1csc(-c2ccco2)n1. The highest BCUT2D eigenvalue weighted by Gasteiger charge is 2.08. The number of amides is 1. The molecule has 2 N–H and O–H groups in total. The first-order chi connectivity index (χ1) is 9.79. The molecule has 0 aromatic carbocycles. The molecule has 0 unspecified atom stereocenters. The molecule has 1 amide bonds. The molecule has 0 atom stereocenters. The van der Waals surface area contributed by atoms with Crippen LogP contribution in [-0.4, -0.2) is 37.7 Å². The second kappa shape index (κ2) is 7.78. The van der Waals surface area contributed by atoms with Crippen molar-refractivity contribution in [2.75, 3.05) is 26.8 Å². The summed E-state index contributed by atoms with van der Waals surface area (Å²) in [6.07, 6.45) is 1.61. The topological polar surface area (TPSA) is 76.4 Å². The molecule has 0 saturated carbocycles. The second-order valence-electron chi connectivity index (χ2n) is 4.07. The fourth-order valence-corrected chi connectivity index (χ4v) is 2.32. The Morgan fingerprint density at radius 1 is 1.55 bits per heavy atom. The summed E-state index contributed by atoms with van der Waals surface area (Å²) in [5.74, 6) is 0.683. The third-order valence-corrected chi connectivity index (χ3v) is 3.42. The maximum atomic E-state index is 11.6. The molecule has 2 rings (SSSR count). The molecule has 2 aromatic rings. The Kier molecular flexibility index (Phi) is 5.72. The number of methoxy groups -OCH3 is 1. The summed E-state index contributed by atoms with van der Waals surface area (Å²) >= 11 is 1.50. The molecule has 0 radical (unpaired) electrons. The van der Waals surface area contributed by atoms with Crippen molar-refractivity contribution < 1.29 is 13.9 Å². The van der Waals surface area contributed by atoms with Crippen molar-refractivity contribution in [2.24, 2.45) is 0 Å². The van der Waals surface area contributed by atoms with Crippen molar-refractivity contribution in [3.8, 4) is 10.8 Å². The number of nitrogens with one attached hydrogen (secondary N) is 2. The lowest BCUT2D eigenvalue weighted by Gasteiger charge is -2.04. The van der Waals surface area contributed by atoms with E-state index in [1.54, 1.807) is 13.4 Å². The fraction of sp³-hybridized carbons (Fsp3) is 0.385. The monoisotopic (exact) mass is 295 g/mol. The van der Waals surface area contributed by atoms with Gasteiger partial charge in [0, 0.05) is 19.0 Å². The smallest absolute Gasteiger partial charge is 0.234 e. The van der Waals surface area contributed by atoms with Crippen LogP contribution in [0.5, 0.6) is 0 Å². The Morgan fingerprint density at radius 3 is 3.20 bits per heavy atom. The van der Waals surface area contributed by atoms with Crippen LogP contribution in [0.3, 0.4) is 0 Å². The number of aromatic nitrogens is 1. The van der Waals surface area contributed by atoms with Gasteiger partial charge in [0.1, 0.15) is 0 Å². The zero-order valence-corrected chi connectivity index (χ0v) is 12.0. The summed E-state index contributed by atoms with van der Waals surface area (Å²) < 4.78 is 10.2. The van der Waals surface area contributed by atoms with E-state index in [1.165, 1.54) is 11.3 Å². The van der Waals surface area contributed by atoms with Gasteiger partial charge in [-0.3, -0.25) is 4.79 Å². The number of furan rings is 1. The van der Waals surface area contributed by atoms with Gasteiger partial charge in [0.2, 0.25) is 5.91 Å². The van der Waals surface area contributed by atoms with Gasteiger partial charge in [-0.05, 0) is 12.1 Å². The van der Waals surface area contributed by atoms with Gasteiger partial charge in [0.05, 0.1) is 31.7 Å². The molecule has 0 saturated heterocycles. The van der Waals surface area contributed by atoms with E-state index in [1.807, 2.05) is 17.5 Å². The number of hydrogen-bond donors (Lipinski definition) is 2. The quantitative estimate of drug-likeness (QED) is 0.717. The van der Waals surface area contributed by atoms with Crippen molar-refractivity contribution in [2.45, 2.75) is 6.54 Å². The van der Waals surface area contributed by atoms with Crippen LogP contribution in [0.4, 0.5) is 0 Å². The standard InChI is InChI=1S/C13H17N3O3S/c1-18-6-4-14-8-12(17)15-7-10-9-20-13(16-10)11-3-2-5-19-11/h2-3,5,9,14H,4,6-8H2,1H3,(H,15,17). The van der Waals surface area contributed by atoms with Crippen molar-refractivity contribution in [3.05, 3.63) is 29.5 Å². The highest BCUT2D eigenvalue weighted by Crippen LogP contribution is 2.23. The van der Waals surface area contributed by atoms with E-state index in [0.717, 1.165) is 16.5 Å². The van der Waals surface area contributed by atoms with Crippen molar-refractivity contribution in [1.29, 1.82) is 0 Å². The highest BCUT2D eigenvalue weighted by atomic mass is 32.1. The van der Waals surface area contributed by atoms with Gasteiger partial charge < -0.3 is 19.8 Å². The molecular formula is C13H17N3O3S. The molecule has 2 aromatic heterocycles. The Bertz CT molecular complexity index is 525. The van der Waals surface area contributed by atoms with Crippen molar-refractivity contribution >= 4 is 17.2 Å². The molecule has 6 nitrogen and oxygen atoms in total. The predicted octanol–water partition coefficient (Wildman–Crippen LogP) is 1.26. The van der Waals surface area contributed by atoms with Crippen LogP contribution in [0.25, 0.3) is 10.8 Å². The number of carbonyl (C=O) groups is 1. The first-order valence-electron chi connectivity index (χ1n) is 6.24. The van der Waals surface area contributed by atoms with Gasteiger partial charge in [-0.2, -0.15) is 0 Å². The van der Waals surface area contributed by atoms with E-state index < -0.39 is 0 Å². The molecule has 0 fully saturated rings. The first kappa shape index (κ1) is 14.7. The van der Waals surface area contributed by atoms with E-state index in [0.29, 0.717) is 19.7 Å². The van der Waals surface area contributed by atoms with Crippen LogP contribution in [0.15, 0.2) is 28.2 Å². The summed E-state index contributed by atoms with van der Waals surface area (Å²) in [5.41, 5.74) is 0.826. The molecule has 0 aliphatic carbocycles. The van der Waals surface area contributed by atoms with E-state index in [2.05, 4.69) is 15.6 Å². The molecule has 0 spiro atoms. The van der Waals surface area contributed by atoms with Crippen LogP contribution in [0.2, 0.25) is 0 Å². The summed E-state index contributed by atoms with van der Waals surface area (Å²) in [6, 6.07) is 3.69. The van der Waals surface area contributed by atoms with Crippen LogP contribution >= 0.6 is 11.3 Å². The van der Waals surface area contributed by atoms with Crippen LogP contribution < -0.4 is 10.6 Å². The predicted molar refractivity (Wildman–Crippen MR) is 76.4 cm³/mol. The Labute approximate surface area is 121 Å². The Morgan fingerprint density at radius 2 is 2.45 bits per heavy atom. The van der Waals surface area contributed by atoms with Gasteiger partial charge in [0.25, 0.3) is 0 Å². The minimum absolute atomic E-state index is 0.0614. The summed E-state index contributed by atoms with van der Waals surface area (Å²) in [7, 11) is 1.63. The van der Waals surface area contributed by atoms with Crippen LogP contribution in [0.1, 0.15) is 5.69 Å². The van der Waals surface area contributed by atoms with E-state index >= 15 is 0 Å². The highest BCUT2D eigenvalue weighted by molar-refractivity contribution is 7.13. The maximum absolute atomic E-state index is 11.6. The summed E-state index contributed by atoms with van der Waals surface area (Å²) in [6.45, 7) is 1.94. The minimum Gasteiger partial charge on any atom is -0.462 e. The molecule has 0 aliphatic heterocycles.